The number of imidazole rings is 1. The standard InChI is InChI=1S/C35H43N5O4/c1-23-8-6-9-29(24(23)2)39-18-16-38(17-19-39)15-7-14-36-35(41)25-10-13-28-30(20-25)40(27-11-12-27)34(37-28)26-21-31(42-3)33(44-5)32(22-26)43-4/h6,8-10,13,20-22,27H,7,11-12,14-19H2,1-5H3,(H,36,41). The van der Waals surface area contributed by atoms with E-state index in [4.69, 9.17) is 19.2 Å². The Morgan fingerprint density at radius 2 is 1.66 bits per heavy atom. The molecule has 1 aliphatic carbocycles. The minimum absolute atomic E-state index is 0.0514. The number of piperazine rings is 1. The van der Waals surface area contributed by atoms with E-state index in [1.165, 1.54) is 16.8 Å². The Morgan fingerprint density at radius 3 is 2.32 bits per heavy atom. The van der Waals surface area contributed by atoms with E-state index in [2.05, 4.69) is 51.7 Å². The first-order valence-electron chi connectivity index (χ1n) is 15.6. The summed E-state index contributed by atoms with van der Waals surface area (Å²) in [5.41, 5.74) is 7.42. The number of methoxy groups -OCH3 is 3. The number of aromatic nitrogens is 2. The molecule has 0 bridgehead atoms. The Hall–Kier alpha value is -4.24. The molecule has 0 radical (unpaired) electrons. The van der Waals surface area contributed by atoms with Gasteiger partial charge in [0.15, 0.2) is 11.5 Å². The third kappa shape index (κ3) is 5.93. The zero-order chi connectivity index (χ0) is 30.8. The first-order chi connectivity index (χ1) is 21.4. The van der Waals surface area contributed by atoms with E-state index >= 15 is 0 Å². The molecule has 2 aliphatic rings. The zero-order valence-corrected chi connectivity index (χ0v) is 26.5. The molecule has 4 aromatic rings. The molecule has 1 aromatic heterocycles. The number of rotatable bonds is 11. The number of carbonyl (C=O) groups excluding carboxylic acids is 1. The summed E-state index contributed by atoms with van der Waals surface area (Å²) in [5, 5.41) is 3.14. The van der Waals surface area contributed by atoms with E-state index in [0.29, 0.717) is 35.4 Å². The molecule has 1 amide bonds. The molecule has 1 saturated carbocycles. The van der Waals surface area contributed by atoms with Crippen LogP contribution in [0.1, 0.15) is 46.8 Å². The molecule has 2 heterocycles. The Morgan fingerprint density at radius 1 is 0.932 bits per heavy atom. The van der Waals surface area contributed by atoms with Crippen molar-refractivity contribution in [3.05, 3.63) is 65.2 Å². The summed E-state index contributed by atoms with van der Waals surface area (Å²) in [7, 11) is 4.83. The van der Waals surface area contributed by atoms with Gasteiger partial charge in [0.25, 0.3) is 5.91 Å². The highest BCUT2D eigenvalue weighted by Crippen LogP contribution is 2.45. The molecular formula is C35H43N5O4. The fourth-order valence-electron chi connectivity index (χ4n) is 6.25. The van der Waals surface area contributed by atoms with E-state index in [-0.39, 0.29) is 5.91 Å². The van der Waals surface area contributed by atoms with Crippen LogP contribution in [-0.2, 0) is 0 Å². The zero-order valence-electron chi connectivity index (χ0n) is 26.5. The van der Waals surface area contributed by atoms with E-state index in [0.717, 1.165) is 74.4 Å². The lowest BCUT2D eigenvalue weighted by Crippen LogP contribution is -2.47. The number of ether oxygens (including phenoxy) is 3. The topological polar surface area (TPSA) is 81.1 Å². The van der Waals surface area contributed by atoms with E-state index in [1.807, 2.05) is 30.3 Å². The number of nitrogens with zero attached hydrogens (tertiary/aromatic N) is 4. The maximum atomic E-state index is 13.2. The van der Waals surface area contributed by atoms with Crippen molar-refractivity contribution in [3.8, 4) is 28.6 Å². The molecule has 232 valence electrons. The van der Waals surface area contributed by atoms with Gasteiger partial charge < -0.3 is 29.0 Å². The maximum Gasteiger partial charge on any atom is 0.251 e. The van der Waals surface area contributed by atoms with Crippen molar-refractivity contribution in [2.45, 2.75) is 39.2 Å². The molecule has 1 aliphatic heterocycles. The van der Waals surface area contributed by atoms with Crippen molar-refractivity contribution in [2.24, 2.45) is 0 Å². The normalized spacial score (nSPS) is 15.4. The molecule has 3 aromatic carbocycles. The number of amides is 1. The third-order valence-electron chi connectivity index (χ3n) is 9.01. The molecular weight excluding hydrogens is 554 g/mol. The Labute approximate surface area is 259 Å². The van der Waals surface area contributed by atoms with Crippen LogP contribution in [0.2, 0.25) is 0 Å². The molecule has 0 unspecified atom stereocenters. The number of fused-ring (bicyclic) bond motifs is 1. The van der Waals surface area contributed by atoms with Crippen molar-refractivity contribution >= 4 is 22.6 Å². The van der Waals surface area contributed by atoms with Crippen LogP contribution in [0.5, 0.6) is 17.2 Å². The summed E-state index contributed by atoms with van der Waals surface area (Å²) >= 11 is 0. The van der Waals surface area contributed by atoms with Crippen LogP contribution in [0.3, 0.4) is 0 Å². The van der Waals surface area contributed by atoms with Crippen molar-refractivity contribution in [2.75, 3.05) is 65.5 Å². The molecule has 2 fully saturated rings. The Bertz CT molecular complexity index is 1630. The van der Waals surface area contributed by atoms with Crippen LogP contribution in [-0.4, -0.2) is 81.0 Å². The van der Waals surface area contributed by atoms with Crippen LogP contribution < -0.4 is 24.4 Å². The van der Waals surface area contributed by atoms with Gasteiger partial charge in [0.05, 0.1) is 32.4 Å². The van der Waals surface area contributed by atoms with Crippen molar-refractivity contribution in [1.82, 2.24) is 19.8 Å². The second kappa shape index (κ2) is 12.8. The van der Waals surface area contributed by atoms with Gasteiger partial charge in [0.2, 0.25) is 5.75 Å². The Balaban J connectivity index is 1.09. The number of carbonyl (C=O) groups is 1. The SMILES string of the molecule is COc1cc(-c2nc3ccc(C(=O)NCCCN4CCN(c5cccc(C)c5C)CC4)cc3n2C2CC2)cc(OC)c1OC. The number of benzene rings is 3. The molecule has 0 spiro atoms. The van der Waals surface area contributed by atoms with E-state index < -0.39 is 0 Å². The average molecular weight is 598 g/mol. The van der Waals surface area contributed by atoms with Crippen LogP contribution in [0.4, 0.5) is 5.69 Å². The number of hydrogen-bond acceptors (Lipinski definition) is 7. The number of hydrogen-bond donors (Lipinski definition) is 1. The van der Waals surface area contributed by atoms with Gasteiger partial charge in [-0.3, -0.25) is 9.69 Å². The highest BCUT2D eigenvalue weighted by atomic mass is 16.5. The minimum atomic E-state index is -0.0514. The number of aryl methyl sites for hydroxylation is 1. The lowest BCUT2D eigenvalue weighted by Gasteiger charge is -2.37. The maximum absolute atomic E-state index is 13.2. The van der Waals surface area contributed by atoms with Crippen LogP contribution in [0, 0.1) is 13.8 Å². The lowest BCUT2D eigenvalue weighted by atomic mass is 10.1. The number of nitrogens with one attached hydrogen (secondary N) is 1. The van der Waals surface area contributed by atoms with Gasteiger partial charge in [-0.15, -0.1) is 0 Å². The van der Waals surface area contributed by atoms with Gasteiger partial charge in [0, 0.05) is 55.6 Å². The van der Waals surface area contributed by atoms with Crippen LogP contribution >= 0.6 is 0 Å². The quantitative estimate of drug-likeness (QED) is 0.225. The predicted octanol–water partition coefficient (Wildman–Crippen LogP) is 5.62. The third-order valence-corrected chi connectivity index (χ3v) is 9.01. The predicted molar refractivity (Wildman–Crippen MR) is 175 cm³/mol. The van der Waals surface area contributed by atoms with Gasteiger partial charge in [-0.1, -0.05) is 12.1 Å². The summed E-state index contributed by atoms with van der Waals surface area (Å²) in [5.74, 6) is 2.49. The first-order valence-corrected chi connectivity index (χ1v) is 15.6. The molecule has 9 heteroatoms. The molecule has 6 rings (SSSR count). The summed E-state index contributed by atoms with van der Waals surface area (Å²) in [4.78, 5) is 23.2. The minimum Gasteiger partial charge on any atom is -0.493 e. The second-order valence-corrected chi connectivity index (χ2v) is 11.8. The van der Waals surface area contributed by atoms with Crippen molar-refractivity contribution in [1.29, 1.82) is 0 Å². The van der Waals surface area contributed by atoms with Crippen molar-refractivity contribution in [3.63, 3.8) is 0 Å². The summed E-state index contributed by atoms with van der Waals surface area (Å²) in [6.07, 6.45) is 3.08. The highest BCUT2D eigenvalue weighted by Gasteiger charge is 2.30. The number of anilines is 1. The smallest absolute Gasteiger partial charge is 0.251 e. The molecule has 1 saturated heterocycles. The molecule has 44 heavy (non-hydrogen) atoms. The van der Waals surface area contributed by atoms with Crippen molar-refractivity contribution < 1.29 is 19.0 Å². The second-order valence-electron chi connectivity index (χ2n) is 11.8. The van der Waals surface area contributed by atoms with Gasteiger partial charge in [-0.05, 0) is 87.2 Å². The largest absolute Gasteiger partial charge is 0.493 e. The highest BCUT2D eigenvalue weighted by molar-refractivity contribution is 5.98. The van der Waals surface area contributed by atoms with Crippen LogP contribution in [0.15, 0.2) is 48.5 Å². The van der Waals surface area contributed by atoms with Gasteiger partial charge in [-0.2, -0.15) is 0 Å². The first kappa shape index (κ1) is 29.8. The van der Waals surface area contributed by atoms with E-state index in [1.54, 1.807) is 21.3 Å². The van der Waals surface area contributed by atoms with E-state index in [9.17, 15) is 4.79 Å². The van der Waals surface area contributed by atoms with Gasteiger partial charge >= 0.3 is 0 Å². The lowest BCUT2D eigenvalue weighted by molar-refractivity contribution is 0.0951. The fraction of sp³-hybridized carbons (Fsp3) is 0.429. The molecule has 0 atom stereocenters. The summed E-state index contributed by atoms with van der Waals surface area (Å²) < 4.78 is 19.0. The summed E-state index contributed by atoms with van der Waals surface area (Å²) in [6, 6.07) is 16.6. The molecule has 1 N–H and O–H groups in total. The monoisotopic (exact) mass is 597 g/mol. The Kier molecular flexibility index (Phi) is 8.66. The van der Waals surface area contributed by atoms with Gasteiger partial charge in [0.1, 0.15) is 5.82 Å². The van der Waals surface area contributed by atoms with Crippen LogP contribution in [0.25, 0.3) is 22.4 Å². The summed E-state index contributed by atoms with van der Waals surface area (Å²) in [6.45, 7) is 10.2. The average Bonchev–Trinajstić information content (AvgIpc) is 3.82. The van der Waals surface area contributed by atoms with Gasteiger partial charge in [-0.25, -0.2) is 4.98 Å². The molecule has 9 nitrogen and oxygen atoms in total. The fourth-order valence-corrected chi connectivity index (χ4v) is 6.25.